The predicted octanol–water partition coefficient (Wildman–Crippen LogP) is 9.57. The molecule has 3 heteroatoms. The molecule has 4 aromatic rings. The van der Waals surface area contributed by atoms with Gasteiger partial charge in [0.15, 0.2) is 0 Å². The average molecular weight is 564 g/mol. The summed E-state index contributed by atoms with van der Waals surface area (Å²) >= 11 is 7.44. The Kier molecular flexibility index (Phi) is 8.06. The molecule has 0 bridgehead atoms. The van der Waals surface area contributed by atoms with E-state index in [1.54, 1.807) is 0 Å². The van der Waals surface area contributed by atoms with Crippen molar-refractivity contribution in [1.82, 2.24) is 0 Å². The molecule has 4 aromatic carbocycles. The van der Waals surface area contributed by atoms with Crippen molar-refractivity contribution in [1.29, 1.82) is 0 Å². The Hall–Kier alpha value is -2.36. The van der Waals surface area contributed by atoms with Crippen LogP contribution in [0.25, 0.3) is 0 Å². The van der Waals surface area contributed by atoms with Crippen LogP contribution in [-0.4, -0.2) is 0 Å². The third kappa shape index (κ3) is 6.37. The fourth-order valence-corrected chi connectivity index (χ4v) is 4.49. The Labute approximate surface area is 214 Å². The molecule has 0 heterocycles. The molecule has 0 N–H and O–H groups in total. The van der Waals surface area contributed by atoms with Crippen LogP contribution in [0.1, 0.15) is 56.9 Å². The van der Waals surface area contributed by atoms with Gasteiger partial charge in [-0.05, 0) is 59.4 Å². The smallest absolute Gasteiger partial charge is 0.130 e. The second-order valence-electron chi connectivity index (χ2n) is 8.39. The summed E-state index contributed by atoms with van der Waals surface area (Å²) in [5.41, 5.74) is 7.43. The van der Waals surface area contributed by atoms with Gasteiger partial charge in [-0.15, -0.1) is 0 Å². The zero-order chi connectivity index (χ0) is 23.2. The molecule has 0 aliphatic rings. The Bertz CT molecular complexity index is 1090. The second-order valence-corrected chi connectivity index (χ2v) is 11.1. The molecule has 0 spiro atoms. The molecule has 2 unspecified atom stereocenters. The van der Waals surface area contributed by atoms with Crippen LogP contribution in [0.5, 0.6) is 11.5 Å². The zero-order valence-electron chi connectivity index (χ0n) is 19.0. The van der Waals surface area contributed by atoms with Gasteiger partial charge in [0.05, 0.1) is 0 Å². The number of hydrogen-bond donors (Lipinski definition) is 0. The molecule has 0 fully saturated rings. The maximum absolute atomic E-state index is 6.62. The quantitative estimate of drug-likeness (QED) is 0.194. The monoisotopic (exact) mass is 562 g/mol. The molecule has 0 aliphatic carbocycles. The van der Waals surface area contributed by atoms with Gasteiger partial charge in [0.2, 0.25) is 0 Å². The second kappa shape index (κ2) is 11.2. The van der Waals surface area contributed by atoms with Crippen molar-refractivity contribution in [2.45, 2.75) is 36.3 Å². The minimum Gasteiger partial charge on any atom is -0.457 e. The lowest BCUT2D eigenvalue weighted by molar-refractivity contribution is 0.472. The first-order valence-corrected chi connectivity index (χ1v) is 13.1. The summed E-state index contributed by atoms with van der Waals surface area (Å²) in [6.45, 7) is 4.31. The van der Waals surface area contributed by atoms with Gasteiger partial charge in [0.1, 0.15) is 11.5 Å². The summed E-state index contributed by atoms with van der Waals surface area (Å²) < 4.78 is 6.62. The van der Waals surface area contributed by atoms with Crippen LogP contribution in [0.15, 0.2) is 97.1 Å². The van der Waals surface area contributed by atoms with Crippen LogP contribution in [0, 0.1) is 0 Å². The van der Waals surface area contributed by atoms with Crippen LogP contribution < -0.4 is 4.74 Å². The molecular weight excluding hydrogens is 536 g/mol. The summed E-state index contributed by atoms with van der Waals surface area (Å²) in [6, 6.07) is 34.2. The Balaban J connectivity index is 1.71. The lowest BCUT2D eigenvalue weighted by Crippen LogP contribution is -2.00. The van der Waals surface area contributed by atoms with Crippen LogP contribution >= 0.6 is 31.9 Å². The van der Waals surface area contributed by atoms with E-state index in [-0.39, 0.29) is 9.65 Å². The van der Waals surface area contributed by atoms with Crippen molar-refractivity contribution in [3.05, 3.63) is 130 Å². The van der Waals surface area contributed by atoms with Gasteiger partial charge in [-0.3, -0.25) is 0 Å². The van der Waals surface area contributed by atoms with Gasteiger partial charge < -0.3 is 4.74 Å². The molecule has 33 heavy (non-hydrogen) atoms. The third-order valence-electron chi connectivity index (χ3n) is 5.78. The van der Waals surface area contributed by atoms with Crippen LogP contribution in [-0.2, 0) is 12.8 Å². The van der Waals surface area contributed by atoms with E-state index in [0.717, 1.165) is 24.3 Å². The van der Waals surface area contributed by atoms with Crippen molar-refractivity contribution >= 4 is 31.9 Å². The molecular formula is C30H28Br2O. The molecule has 0 radical (unpaired) electrons. The third-order valence-corrected chi connectivity index (χ3v) is 6.84. The first kappa shape index (κ1) is 23.8. The molecule has 0 aliphatic heterocycles. The highest BCUT2D eigenvalue weighted by atomic mass is 79.9. The fourth-order valence-electron chi connectivity index (χ4n) is 3.92. The highest BCUT2D eigenvalue weighted by Gasteiger charge is 2.14. The van der Waals surface area contributed by atoms with Crippen molar-refractivity contribution in [2.24, 2.45) is 0 Å². The first-order valence-electron chi connectivity index (χ1n) is 11.3. The van der Waals surface area contributed by atoms with Gasteiger partial charge >= 0.3 is 0 Å². The van der Waals surface area contributed by atoms with Gasteiger partial charge in [0.25, 0.3) is 0 Å². The van der Waals surface area contributed by atoms with Crippen molar-refractivity contribution in [3.63, 3.8) is 0 Å². The number of ether oxygens (including phenoxy) is 1. The summed E-state index contributed by atoms with van der Waals surface area (Å²) in [5.74, 6) is 1.81. The van der Waals surface area contributed by atoms with Gasteiger partial charge in [-0.25, -0.2) is 0 Å². The standard InChI is InChI=1S/C30H28Br2O/c1-21(31)25-13-15-29(27(19-25)17-23-9-5-3-6-10-23)33-30-16-14-26(22(2)32)20-28(30)18-24-11-7-4-8-12-24/h3-16,19-22H,17-18H2,1-2H3. The Morgan fingerprint density at radius 2 is 0.970 bits per heavy atom. The number of hydrogen-bond acceptors (Lipinski definition) is 1. The topological polar surface area (TPSA) is 9.23 Å². The van der Waals surface area contributed by atoms with Gasteiger partial charge in [-0.2, -0.15) is 0 Å². The summed E-state index contributed by atoms with van der Waals surface area (Å²) in [6.07, 6.45) is 1.66. The highest BCUT2D eigenvalue weighted by molar-refractivity contribution is 9.09. The van der Waals surface area contributed by atoms with E-state index >= 15 is 0 Å². The van der Waals surface area contributed by atoms with E-state index in [1.165, 1.54) is 33.4 Å². The molecule has 0 saturated carbocycles. The van der Waals surface area contributed by atoms with Crippen molar-refractivity contribution in [3.8, 4) is 11.5 Å². The van der Waals surface area contributed by atoms with Crippen molar-refractivity contribution < 1.29 is 4.74 Å². The summed E-state index contributed by atoms with van der Waals surface area (Å²) in [4.78, 5) is 0.573. The lowest BCUT2D eigenvalue weighted by atomic mass is 9.99. The minimum absolute atomic E-state index is 0.286. The number of benzene rings is 4. The maximum atomic E-state index is 6.62. The minimum atomic E-state index is 0.286. The van der Waals surface area contributed by atoms with Gasteiger partial charge in [-0.1, -0.05) is 117 Å². The van der Waals surface area contributed by atoms with E-state index < -0.39 is 0 Å². The Morgan fingerprint density at radius 3 is 1.33 bits per heavy atom. The normalized spacial score (nSPS) is 12.8. The van der Waals surface area contributed by atoms with Crippen LogP contribution in [0.2, 0.25) is 0 Å². The van der Waals surface area contributed by atoms with E-state index in [1.807, 2.05) is 0 Å². The molecule has 168 valence electrons. The van der Waals surface area contributed by atoms with E-state index in [0.29, 0.717) is 0 Å². The summed E-state index contributed by atoms with van der Waals surface area (Å²) in [5, 5.41) is 0. The molecule has 0 amide bonds. The Morgan fingerprint density at radius 1 is 0.576 bits per heavy atom. The zero-order valence-corrected chi connectivity index (χ0v) is 22.1. The van der Waals surface area contributed by atoms with E-state index in [9.17, 15) is 0 Å². The molecule has 2 atom stereocenters. The average Bonchev–Trinajstić information content (AvgIpc) is 2.82. The predicted molar refractivity (Wildman–Crippen MR) is 146 cm³/mol. The fraction of sp³-hybridized carbons (Fsp3) is 0.200. The molecule has 4 rings (SSSR count). The highest BCUT2D eigenvalue weighted by Crippen LogP contribution is 2.35. The van der Waals surface area contributed by atoms with Crippen molar-refractivity contribution in [2.75, 3.05) is 0 Å². The van der Waals surface area contributed by atoms with Crippen LogP contribution in [0.4, 0.5) is 0 Å². The molecule has 0 aromatic heterocycles. The first-order chi connectivity index (χ1) is 16.0. The number of alkyl halides is 2. The summed E-state index contributed by atoms with van der Waals surface area (Å²) in [7, 11) is 0. The van der Waals surface area contributed by atoms with E-state index in [2.05, 4.69) is 143 Å². The SMILES string of the molecule is CC(Br)c1ccc(Oc2ccc(C(C)Br)cc2Cc2ccccc2)c(Cc2ccccc2)c1. The van der Waals surface area contributed by atoms with Gasteiger partial charge in [0, 0.05) is 22.5 Å². The number of halogens is 2. The molecule has 1 nitrogen and oxygen atoms in total. The molecule has 0 saturated heterocycles. The lowest BCUT2D eigenvalue weighted by Gasteiger charge is -2.18. The van der Waals surface area contributed by atoms with E-state index in [4.69, 9.17) is 4.74 Å². The van der Waals surface area contributed by atoms with Crippen LogP contribution in [0.3, 0.4) is 0 Å². The maximum Gasteiger partial charge on any atom is 0.130 e. The largest absolute Gasteiger partial charge is 0.457 e. The number of rotatable bonds is 8.